The summed E-state index contributed by atoms with van der Waals surface area (Å²) >= 11 is 0. The molecule has 208 valence electrons. The Kier molecular flexibility index (Phi) is 5.24. The molecule has 0 aromatic carbocycles. The minimum atomic E-state index is -1.01. The molecule has 7 heteroatoms. The molecule has 7 fully saturated rings. The SMILES string of the molecule is C=C1CC[C@H]2C(=C)C(=O)O[C@@H]2C2[C@H]1CC(=O)[C@]21CC[C@]2(OC)[C@@H]3[C@H]4OC(=O)C(=C)[C@@H]4CCC(=C)[C@@H]3C[C@@]21OC. The lowest BCUT2D eigenvalue weighted by atomic mass is 9.59. The molecule has 0 aromatic rings. The van der Waals surface area contributed by atoms with Crippen LogP contribution in [-0.2, 0) is 33.3 Å². The molecule has 7 nitrogen and oxygen atoms in total. The minimum absolute atomic E-state index is 0.0477. The van der Waals surface area contributed by atoms with Gasteiger partial charge in [0, 0.05) is 55.5 Å². The van der Waals surface area contributed by atoms with Crippen LogP contribution < -0.4 is 0 Å². The van der Waals surface area contributed by atoms with Gasteiger partial charge in [-0.15, -0.1) is 0 Å². The Morgan fingerprint density at radius 1 is 0.744 bits per heavy atom. The number of methoxy groups -OCH3 is 2. The molecule has 11 atom stereocenters. The van der Waals surface area contributed by atoms with Gasteiger partial charge in [0.15, 0.2) is 0 Å². The van der Waals surface area contributed by atoms with Crippen molar-refractivity contribution in [3.8, 4) is 0 Å². The molecular weight excluding hydrogens is 496 g/mol. The summed E-state index contributed by atoms with van der Waals surface area (Å²) < 4.78 is 25.5. The van der Waals surface area contributed by atoms with Crippen LogP contribution in [-0.4, -0.2) is 55.4 Å². The van der Waals surface area contributed by atoms with Gasteiger partial charge in [-0.25, -0.2) is 9.59 Å². The smallest absolute Gasteiger partial charge is 0.334 e. The van der Waals surface area contributed by atoms with Crippen LogP contribution >= 0.6 is 0 Å². The van der Waals surface area contributed by atoms with Gasteiger partial charge in [0.1, 0.15) is 29.2 Å². The fraction of sp³-hybridized carbons (Fsp3) is 0.656. The number of hydrogen-bond donors (Lipinski definition) is 0. The quantitative estimate of drug-likeness (QED) is 0.297. The molecule has 5 saturated carbocycles. The Balaban J connectivity index is 1.43. The van der Waals surface area contributed by atoms with Gasteiger partial charge in [-0.3, -0.25) is 4.79 Å². The van der Waals surface area contributed by atoms with Crippen molar-refractivity contribution >= 4 is 17.7 Å². The molecule has 0 N–H and O–H groups in total. The monoisotopic (exact) mass is 534 g/mol. The van der Waals surface area contributed by atoms with Crippen LogP contribution in [0.15, 0.2) is 48.6 Å². The zero-order valence-electron chi connectivity index (χ0n) is 23.0. The maximum Gasteiger partial charge on any atom is 0.334 e. The largest absolute Gasteiger partial charge is 0.458 e. The van der Waals surface area contributed by atoms with E-state index in [9.17, 15) is 14.4 Å². The summed E-state index contributed by atoms with van der Waals surface area (Å²) in [5.74, 6) is -1.48. The van der Waals surface area contributed by atoms with Crippen molar-refractivity contribution in [2.45, 2.75) is 74.8 Å². The van der Waals surface area contributed by atoms with Crippen LogP contribution in [0, 0.1) is 40.9 Å². The van der Waals surface area contributed by atoms with E-state index in [-0.39, 0.29) is 53.2 Å². The highest BCUT2D eigenvalue weighted by atomic mass is 16.6. The zero-order chi connectivity index (χ0) is 27.6. The second-order valence-electron chi connectivity index (χ2n) is 13.1. The topological polar surface area (TPSA) is 88.1 Å². The van der Waals surface area contributed by atoms with Crippen molar-refractivity contribution in [1.82, 2.24) is 0 Å². The summed E-state index contributed by atoms with van der Waals surface area (Å²) in [4.78, 5) is 40.2. The number of fused-ring (bicyclic) bond motifs is 10. The first-order chi connectivity index (χ1) is 18.6. The predicted octanol–water partition coefficient (Wildman–Crippen LogP) is 4.27. The lowest BCUT2D eigenvalue weighted by molar-refractivity contribution is -0.227. The fourth-order valence-electron chi connectivity index (χ4n) is 10.8. The molecule has 0 amide bonds. The first kappa shape index (κ1) is 25.5. The Morgan fingerprint density at radius 3 is 1.87 bits per heavy atom. The van der Waals surface area contributed by atoms with Crippen molar-refractivity contribution in [1.29, 1.82) is 0 Å². The molecule has 0 radical (unpaired) electrons. The molecule has 1 spiro atoms. The number of esters is 2. The Morgan fingerprint density at radius 2 is 1.31 bits per heavy atom. The van der Waals surface area contributed by atoms with Crippen LogP contribution in [0.5, 0.6) is 0 Å². The highest BCUT2D eigenvalue weighted by Crippen LogP contribution is 2.76. The first-order valence-corrected chi connectivity index (χ1v) is 14.4. The van der Waals surface area contributed by atoms with Gasteiger partial charge in [0.25, 0.3) is 0 Å². The van der Waals surface area contributed by atoms with Gasteiger partial charge >= 0.3 is 11.9 Å². The molecule has 39 heavy (non-hydrogen) atoms. The predicted molar refractivity (Wildman–Crippen MR) is 141 cm³/mol. The number of carbonyl (C=O) groups excluding carboxylic acids is 3. The summed E-state index contributed by atoms with van der Waals surface area (Å²) in [5, 5.41) is 0. The van der Waals surface area contributed by atoms with Crippen molar-refractivity contribution in [2.24, 2.45) is 40.9 Å². The van der Waals surface area contributed by atoms with E-state index < -0.39 is 28.8 Å². The number of hydrogen-bond acceptors (Lipinski definition) is 7. The molecule has 0 bridgehead atoms. The molecule has 2 heterocycles. The molecule has 5 aliphatic carbocycles. The van der Waals surface area contributed by atoms with Gasteiger partial charge in [-0.2, -0.15) is 0 Å². The second-order valence-corrected chi connectivity index (χ2v) is 13.1. The van der Waals surface area contributed by atoms with Crippen molar-refractivity contribution in [2.75, 3.05) is 14.2 Å². The van der Waals surface area contributed by atoms with Crippen LogP contribution in [0.1, 0.15) is 51.4 Å². The number of ketones is 1. The average Bonchev–Trinajstić information content (AvgIpc) is 3.59. The number of rotatable bonds is 2. The molecule has 1 unspecified atom stereocenters. The van der Waals surface area contributed by atoms with E-state index in [4.69, 9.17) is 18.9 Å². The maximum atomic E-state index is 14.6. The lowest BCUT2D eigenvalue weighted by Gasteiger charge is -2.52. The standard InChI is InChI=1S/C32H38O7/c1-15-7-9-19-17(3)28(34)38-26(19)24-21(15)13-23(33)30(24)11-12-31(36-5)25-22(14-32(30,31)37-6)16(2)8-10-20-18(4)29(35)39-27(20)25/h19-22,24-27H,1-4,7-14H2,5-6H3/t19-,20-,21-,22-,24?,25-,26-,27-,30+,31-,32-/m0/s1. The molecule has 7 rings (SSSR count). The zero-order valence-corrected chi connectivity index (χ0v) is 23.0. The summed E-state index contributed by atoms with van der Waals surface area (Å²) in [7, 11) is 3.39. The minimum Gasteiger partial charge on any atom is -0.458 e. The van der Waals surface area contributed by atoms with E-state index >= 15 is 0 Å². The highest BCUT2D eigenvalue weighted by molar-refractivity contribution is 5.94. The van der Waals surface area contributed by atoms with Gasteiger partial charge in [0.2, 0.25) is 0 Å². The number of ether oxygens (including phenoxy) is 4. The Labute approximate surface area is 229 Å². The number of carbonyl (C=O) groups is 3. The lowest BCUT2D eigenvalue weighted by Crippen LogP contribution is -2.65. The van der Waals surface area contributed by atoms with Crippen LogP contribution in [0.3, 0.4) is 0 Å². The van der Waals surface area contributed by atoms with E-state index in [1.807, 2.05) is 0 Å². The van der Waals surface area contributed by atoms with Crippen molar-refractivity contribution in [3.63, 3.8) is 0 Å². The van der Waals surface area contributed by atoms with Gasteiger partial charge in [-0.05, 0) is 56.8 Å². The van der Waals surface area contributed by atoms with Gasteiger partial charge in [-0.1, -0.05) is 37.5 Å². The molecule has 2 aliphatic heterocycles. The summed E-state index contributed by atoms with van der Waals surface area (Å²) in [6.07, 6.45) is 4.16. The van der Waals surface area contributed by atoms with E-state index in [0.29, 0.717) is 36.8 Å². The van der Waals surface area contributed by atoms with Crippen LogP contribution in [0.2, 0.25) is 0 Å². The average molecular weight is 535 g/mol. The molecular formula is C32H38O7. The molecule has 0 aromatic heterocycles. The molecule has 2 saturated heterocycles. The van der Waals surface area contributed by atoms with Gasteiger partial charge < -0.3 is 18.9 Å². The van der Waals surface area contributed by atoms with Crippen molar-refractivity contribution < 1.29 is 33.3 Å². The van der Waals surface area contributed by atoms with E-state index in [1.165, 1.54) is 0 Å². The number of allylic oxidation sites excluding steroid dienone is 2. The first-order valence-electron chi connectivity index (χ1n) is 14.4. The summed E-state index contributed by atoms with van der Waals surface area (Å²) in [6.45, 7) is 17.1. The van der Waals surface area contributed by atoms with Crippen LogP contribution in [0.4, 0.5) is 0 Å². The van der Waals surface area contributed by atoms with Crippen LogP contribution in [0.25, 0.3) is 0 Å². The summed E-state index contributed by atoms with van der Waals surface area (Å²) in [5.41, 5.74) is 0.302. The number of Topliss-reactive ketones (excluding diaryl/α,β-unsaturated/α-hetero) is 1. The van der Waals surface area contributed by atoms with Crippen molar-refractivity contribution in [3.05, 3.63) is 48.6 Å². The Bertz CT molecular complexity index is 1260. The maximum absolute atomic E-state index is 14.6. The third-order valence-electron chi connectivity index (χ3n) is 12.4. The molecule has 7 aliphatic rings. The van der Waals surface area contributed by atoms with E-state index in [2.05, 4.69) is 26.3 Å². The van der Waals surface area contributed by atoms with Gasteiger partial charge in [0.05, 0.1) is 5.41 Å². The third-order valence-corrected chi connectivity index (χ3v) is 12.4. The van der Waals surface area contributed by atoms with E-state index in [1.54, 1.807) is 14.2 Å². The second kappa shape index (κ2) is 8.03. The third kappa shape index (κ3) is 2.70. The normalized spacial score (nSPS) is 50.3. The highest BCUT2D eigenvalue weighted by Gasteiger charge is 2.84. The summed E-state index contributed by atoms with van der Waals surface area (Å²) in [6, 6.07) is 0. The fourth-order valence-corrected chi connectivity index (χ4v) is 10.8. The van der Waals surface area contributed by atoms with E-state index in [0.717, 1.165) is 36.8 Å². The Hall–Kier alpha value is -2.51.